The smallest absolute Gasteiger partial charge is 0.283 e. The lowest BCUT2D eigenvalue weighted by atomic mass is 10.0. The molecule has 1 heterocycles. The summed E-state index contributed by atoms with van der Waals surface area (Å²) < 4.78 is 0. The Morgan fingerprint density at radius 3 is 2.65 bits per heavy atom. The number of hydrogen-bond donors (Lipinski definition) is 1. The standard InChI is InChI=1S/C15H20ClN3O3.ClH/c1-2-9-18(12-5-7-17-8-6-12)15(20)13-4-3-11(16)10-14(13)19(21)22;/h3-4,10,12,17H,2,5-9H2,1H3;1H. The van der Waals surface area contributed by atoms with Crippen LogP contribution in [-0.2, 0) is 0 Å². The molecule has 1 amide bonds. The average molecular weight is 362 g/mol. The van der Waals surface area contributed by atoms with Crippen LogP contribution < -0.4 is 5.32 Å². The van der Waals surface area contributed by atoms with Gasteiger partial charge in [-0.2, -0.15) is 0 Å². The van der Waals surface area contributed by atoms with Crippen molar-refractivity contribution in [2.24, 2.45) is 0 Å². The summed E-state index contributed by atoms with van der Waals surface area (Å²) in [5.41, 5.74) is -0.117. The second-order valence-electron chi connectivity index (χ2n) is 5.40. The molecule has 1 saturated heterocycles. The van der Waals surface area contributed by atoms with Crippen molar-refractivity contribution in [1.29, 1.82) is 0 Å². The SMILES string of the molecule is CCCN(C(=O)c1ccc(Cl)cc1[N+](=O)[O-])C1CCNCC1.Cl. The summed E-state index contributed by atoms with van der Waals surface area (Å²) in [5.74, 6) is -0.280. The number of benzene rings is 1. The molecule has 0 radical (unpaired) electrons. The number of rotatable bonds is 5. The monoisotopic (exact) mass is 361 g/mol. The van der Waals surface area contributed by atoms with Crippen molar-refractivity contribution < 1.29 is 9.72 Å². The summed E-state index contributed by atoms with van der Waals surface area (Å²) in [6.45, 7) is 4.32. The first-order chi connectivity index (χ1) is 10.5. The van der Waals surface area contributed by atoms with Gasteiger partial charge in [-0.3, -0.25) is 14.9 Å². The number of nitrogens with one attached hydrogen (secondary N) is 1. The molecule has 8 heteroatoms. The van der Waals surface area contributed by atoms with Crippen LogP contribution in [0.4, 0.5) is 5.69 Å². The highest BCUT2D eigenvalue weighted by molar-refractivity contribution is 6.31. The van der Waals surface area contributed by atoms with E-state index in [0.717, 1.165) is 32.4 Å². The molecule has 0 bridgehead atoms. The molecule has 0 atom stereocenters. The van der Waals surface area contributed by atoms with Crippen LogP contribution in [0.15, 0.2) is 18.2 Å². The Morgan fingerprint density at radius 2 is 2.09 bits per heavy atom. The number of nitro groups is 1. The van der Waals surface area contributed by atoms with E-state index in [1.165, 1.54) is 18.2 Å². The zero-order chi connectivity index (χ0) is 16.1. The molecule has 6 nitrogen and oxygen atoms in total. The van der Waals surface area contributed by atoms with E-state index in [-0.39, 0.29) is 40.6 Å². The van der Waals surface area contributed by atoms with Gasteiger partial charge in [-0.05, 0) is 44.5 Å². The van der Waals surface area contributed by atoms with Crippen LogP contribution in [0.5, 0.6) is 0 Å². The fraction of sp³-hybridized carbons (Fsp3) is 0.533. The van der Waals surface area contributed by atoms with E-state index < -0.39 is 4.92 Å². The van der Waals surface area contributed by atoms with Gasteiger partial charge in [0.15, 0.2) is 0 Å². The van der Waals surface area contributed by atoms with Gasteiger partial charge in [0.05, 0.1) is 4.92 Å². The fourth-order valence-electron chi connectivity index (χ4n) is 2.80. The molecule has 0 aromatic heterocycles. The normalized spacial score (nSPS) is 14.9. The molecule has 128 valence electrons. The Morgan fingerprint density at radius 1 is 1.43 bits per heavy atom. The highest BCUT2D eigenvalue weighted by Crippen LogP contribution is 2.26. The maximum absolute atomic E-state index is 12.8. The van der Waals surface area contributed by atoms with Gasteiger partial charge in [0, 0.05) is 23.7 Å². The lowest BCUT2D eigenvalue weighted by molar-refractivity contribution is -0.385. The predicted octanol–water partition coefficient (Wildman–Crippen LogP) is 3.27. The van der Waals surface area contributed by atoms with Crippen molar-refractivity contribution in [3.8, 4) is 0 Å². The lowest BCUT2D eigenvalue weighted by Crippen LogP contribution is -2.46. The van der Waals surface area contributed by atoms with Gasteiger partial charge in [0.1, 0.15) is 5.56 Å². The quantitative estimate of drug-likeness (QED) is 0.644. The summed E-state index contributed by atoms with van der Waals surface area (Å²) >= 11 is 5.82. The lowest BCUT2D eigenvalue weighted by Gasteiger charge is -2.34. The van der Waals surface area contributed by atoms with Gasteiger partial charge in [0.2, 0.25) is 0 Å². The second kappa shape index (κ2) is 9.05. The molecule has 0 unspecified atom stereocenters. The number of carbonyl (C=O) groups is 1. The van der Waals surface area contributed by atoms with Crippen molar-refractivity contribution >= 4 is 35.6 Å². The third kappa shape index (κ3) is 4.80. The van der Waals surface area contributed by atoms with Gasteiger partial charge in [0.25, 0.3) is 11.6 Å². The maximum Gasteiger partial charge on any atom is 0.283 e. The van der Waals surface area contributed by atoms with Crippen LogP contribution in [-0.4, -0.2) is 41.4 Å². The minimum atomic E-state index is -0.550. The molecule has 1 fully saturated rings. The Kier molecular flexibility index (Phi) is 7.75. The largest absolute Gasteiger partial charge is 0.335 e. The third-order valence-corrected chi connectivity index (χ3v) is 4.10. The fourth-order valence-corrected chi connectivity index (χ4v) is 2.97. The van der Waals surface area contributed by atoms with Gasteiger partial charge in [-0.1, -0.05) is 18.5 Å². The molecule has 0 aliphatic carbocycles. The highest BCUT2D eigenvalue weighted by atomic mass is 35.5. The molecular weight excluding hydrogens is 341 g/mol. The van der Waals surface area contributed by atoms with Crippen molar-refractivity contribution in [3.05, 3.63) is 38.9 Å². The van der Waals surface area contributed by atoms with E-state index in [1.54, 1.807) is 4.90 Å². The van der Waals surface area contributed by atoms with Gasteiger partial charge >= 0.3 is 0 Å². The van der Waals surface area contributed by atoms with E-state index in [9.17, 15) is 14.9 Å². The molecule has 23 heavy (non-hydrogen) atoms. The highest BCUT2D eigenvalue weighted by Gasteiger charge is 2.30. The van der Waals surface area contributed by atoms with Gasteiger partial charge < -0.3 is 10.2 Å². The molecular formula is C15H21Cl2N3O3. The molecule has 1 aliphatic heterocycles. The Bertz CT molecular complexity index is 563. The molecule has 1 aliphatic rings. The summed E-state index contributed by atoms with van der Waals surface area (Å²) in [7, 11) is 0. The number of halogens is 2. The molecule has 2 rings (SSSR count). The third-order valence-electron chi connectivity index (χ3n) is 3.86. The van der Waals surface area contributed by atoms with Crippen molar-refractivity contribution in [3.63, 3.8) is 0 Å². The number of hydrogen-bond acceptors (Lipinski definition) is 4. The average Bonchev–Trinajstić information content (AvgIpc) is 2.52. The van der Waals surface area contributed by atoms with Gasteiger partial charge in [-0.15, -0.1) is 12.4 Å². The van der Waals surface area contributed by atoms with Crippen LogP contribution in [0.2, 0.25) is 5.02 Å². The van der Waals surface area contributed by atoms with Gasteiger partial charge in [-0.25, -0.2) is 0 Å². The van der Waals surface area contributed by atoms with E-state index in [2.05, 4.69) is 5.32 Å². The zero-order valence-electron chi connectivity index (χ0n) is 13.0. The number of carbonyl (C=O) groups excluding carboxylic acids is 1. The minimum absolute atomic E-state index is 0. The number of nitrogens with zero attached hydrogens (tertiary/aromatic N) is 2. The first kappa shape index (κ1) is 19.7. The first-order valence-electron chi connectivity index (χ1n) is 7.50. The summed E-state index contributed by atoms with van der Waals surface area (Å²) in [6, 6.07) is 4.34. The van der Waals surface area contributed by atoms with Crippen LogP contribution in [0.25, 0.3) is 0 Å². The molecule has 0 saturated carbocycles. The van der Waals surface area contributed by atoms with Crippen molar-refractivity contribution in [1.82, 2.24) is 10.2 Å². The summed E-state index contributed by atoms with van der Waals surface area (Å²) in [5, 5.41) is 14.7. The topological polar surface area (TPSA) is 75.5 Å². The van der Waals surface area contributed by atoms with Crippen LogP contribution in [0, 0.1) is 10.1 Å². The Balaban J connectivity index is 0.00000264. The Hall–Kier alpha value is -1.37. The second-order valence-corrected chi connectivity index (χ2v) is 5.83. The minimum Gasteiger partial charge on any atom is -0.335 e. The van der Waals surface area contributed by atoms with E-state index in [0.29, 0.717) is 6.54 Å². The van der Waals surface area contributed by atoms with E-state index in [1.807, 2.05) is 6.92 Å². The zero-order valence-corrected chi connectivity index (χ0v) is 14.5. The number of piperidine rings is 1. The summed E-state index contributed by atoms with van der Waals surface area (Å²) in [6.07, 6.45) is 2.55. The predicted molar refractivity (Wildman–Crippen MR) is 92.6 cm³/mol. The maximum atomic E-state index is 12.8. The van der Waals surface area contributed by atoms with Crippen LogP contribution in [0.3, 0.4) is 0 Å². The van der Waals surface area contributed by atoms with Crippen LogP contribution >= 0.6 is 24.0 Å². The molecule has 1 N–H and O–H groups in total. The van der Waals surface area contributed by atoms with Crippen molar-refractivity contribution in [2.75, 3.05) is 19.6 Å². The van der Waals surface area contributed by atoms with E-state index >= 15 is 0 Å². The molecule has 0 spiro atoms. The first-order valence-corrected chi connectivity index (χ1v) is 7.88. The summed E-state index contributed by atoms with van der Waals surface area (Å²) in [4.78, 5) is 25.3. The molecule has 1 aromatic rings. The Labute approximate surface area is 146 Å². The van der Waals surface area contributed by atoms with Crippen LogP contribution in [0.1, 0.15) is 36.5 Å². The van der Waals surface area contributed by atoms with E-state index in [4.69, 9.17) is 11.6 Å². The number of amides is 1. The van der Waals surface area contributed by atoms with Crippen molar-refractivity contribution in [2.45, 2.75) is 32.2 Å². The molecule has 1 aromatic carbocycles. The number of nitro benzene ring substituents is 1.